The van der Waals surface area contributed by atoms with Gasteiger partial charge < -0.3 is 10.6 Å². The maximum Gasteiger partial charge on any atom is 0.239 e. The van der Waals surface area contributed by atoms with Crippen molar-refractivity contribution < 1.29 is 9.59 Å². The Bertz CT molecular complexity index is 694. The lowest BCUT2D eigenvalue weighted by molar-refractivity contribution is -0.138. The highest BCUT2D eigenvalue weighted by Crippen LogP contribution is 2.19. The van der Waals surface area contributed by atoms with E-state index in [1.165, 1.54) is 0 Å². The minimum absolute atomic E-state index is 0.299. The molecule has 0 aliphatic carbocycles. The van der Waals surface area contributed by atoms with Crippen molar-refractivity contribution in [3.8, 4) is 0 Å². The van der Waals surface area contributed by atoms with Gasteiger partial charge in [-0.3, -0.25) is 9.59 Å². The molecule has 0 bridgehead atoms. The molecule has 4 heteroatoms. The fourth-order valence-electron chi connectivity index (χ4n) is 2.14. The van der Waals surface area contributed by atoms with Crippen molar-refractivity contribution in [1.29, 1.82) is 0 Å². The molecule has 0 aromatic heterocycles. The van der Waals surface area contributed by atoms with Crippen LogP contribution in [0.15, 0.2) is 54.6 Å². The van der Waals surface area contributed by atoms with Gasteiger partial charge in [0.1, 0.15) is 5.41 Å². The minimum atomic E-state index is -1.15. The number of hydrogen-bond donors (Lipinski definition) is 2. The second-order valence-electron chi connectivity index (χ2n) is 6.12. The molecule has 2 rings (SSSR count). The molecule has 23 heavy (non-hydrogen) atoms. The van der Waals surface area contributed by atoms with Gasteiger partial charge in [-0.1, -0.05) is 48.0 Å². The average molecular weight is 310 g/mol. The Balaban J connectivity index is 1.97. The SMILES string of the molecule is Cc1cccc(CNC(=O)C(C)(C)C(=O)Nc2ccccc2)c1. The Hall–Kier alpha value is -2.62. The number of hydrogen-bond acceptors (Lipinski definition) is 2. The van der Waals surface area contributed by atoms with E-state index in [-0.39, 0.29) is 11.8 Å². The lowest BCUT2D eigenvalue weighted by Gasteiger charge is -2.22. The van der Waals surface area contributed by atoms with Crippen molar-refractivity contribution in [3.63, 3.8) is 0 Å². The first-order valence-electron chi connectivity index (χ1n) is 7.60. The number of carbonyl (C=O) groups excluding carboxylic acids is 2. The van der Waals surface area contributed by atoms with Gasteiger partial charge in [-0.25, -0.2) is 0 Å². The largest absolute Gasteiger partial charge is 0.351 e. The third kappa shape index (κ3) is 4.42. The van der Waals surface area contributed by atoms with E-state index in [0.717, 1.165) is 11.1 Å². The molecular weight excluding hydrogens is 288 g/mol. The minimum Gasteiger partial charge on any atom is -0.351 e. The van der Waals surface area contributed by atoms with Crippen LogP contribution in [0.2, 0.25) is 0 Å². The van der Waals surface area contributed by atoms with Crippen LogP contribution in [0.3, 0.4) is 0 Å². The smallest absolute Gasteiger partial charge is 0.239 e. The Morgan fingerprint density at radius 1 is 0.957 bits per heavy atom. The topological polar surface area (TPSA) is 58.2 Å². The molecule has 0 spiro atoms. The quantitative estimate of drug-likeness (QED) is 0.833. The van der Waals surface area contributed by atoms with Crippen LogP contribution in [0, 0.1) is 12.3 Å². The third-order valence-corrected chi connectivity index (χ3v) is 3.70. The molecule has 0 heterocycles. The van der Waals surface area contributed by atoms with Crippen molar-refractivity contribution in [2.75, 3.05) is 5.32 Å². The van der Waals surface area contributed by atoms with E-state index < -0.39 is 5.41 Å². The van der Waals surface area contributed by atoms with Gasteiger partial charge in [0.15, 0.2) is 0 Å². The predicted octanol–water partition coefficient (Wildman–Crippen LogP) is 3.28. The normalized spacial score (nSPS) is 10.9. The van der Waals surface area contributed by atoms with Crippen LogP contribution in [-0.4, -0.2) is 11.8 Å². The first-order valence-corrected chi connectivity index (χ1v) is 7.60. The molecule has 4 nitrogen and oxygen atoms in total. The lowest BCUT2D eigenvalue weighted by Crippen LogP contribution is -2.44. The highest BCUT2D eigenvalue weighted by atomic mass is 16.2. The molecule has 0 aliphatic heterocycles. The van der Waals surface area contributed by atoms with E-state index in [1.807, 2.05) is 49.4 Å². The summed E-state index contributed by atoms with van der Waals surface area (Å²) in [5.74, 6) is -0.627. The van der Waals surface area contributed by atoms with Gasteiger partial charge in [0, 0.05) is 12.2 Å². The highest BCUT2D eigenvalue weighted by Gasteiger charge is 2.35. The zero-order chi connectivity index (χ0) is 16.9. The van der Waals surface area contributed by atoms with Gasteiger partial charge >= 0.3 is 0 Å². The maximum absolute atomic E-state index is 12.4. The molecule has 0 saturated carbocycles. The van der Waals surface area contributed by atoms with Gasteiger partial charge in [-0.05, 0) is 38.5 Å². The van der Waals surface area contributed by atoms with E-state index in [2.05, 4.69) is 10.6 Å². The van der Waals surface area contributed by atoms with E-state index in [1.54, 1.807) is 26.0 Å². The lowest BCUT2D eigenvalue weighted by atomic mass is 9.90. The van der Waals surface area contributed by atoms with Crippen molar-refractivity contribution >= 4 is 17.5 Å². The number of para-hydroxylation sites is 1. The monoisotopic (exact) mass is 310 g/mol. The van der Waals surface area contributed by atoms with E-state index in [4.69, 9.17) is 0 Å². The molecule has 120 valence electrons. The van der Waals surface area contributed by atoms with Gasteiger partial charge in [-0.2, -0.15) is 0 Å². The zero-order valence-electron chi connectivity index (χ0n) is 13.7. The third-order valence-electron chi connectivity index (χ3n) is 3.70. The van der Waals surface area contributed by atoms with Crippen molar-refractivity contribution in [2.24, 2.45) is 5.41 Å². The van der Waals surface area contributed by atoms with Crippen LogP contribution in [0.1, 0.15) is 25.0 Å². The summed E-state index contributed by atoms with van der Waals surface area (Å²) in [6, 6.07) is 17.0. The van der Waals surface area contributed by atoms with Gasteiger partial charge in [0.05, 0.1) is 0 Å². The second kappa shape index (κ2) is 7.09. The number of anilines is 1. The molecule has 2 amide bonds. The van der Waals surface area contributed by atoms with Crippen LogP contribution in [0.5, 0.6) is 0 Å². The van der Waals surface area contributed by atoms with Crippen molar-refractivity contribution in [2.45, 2.75) is 27.3 Å². The summed E-state index contributed by atoms with van der Waals surface area (Å²) in [5.41, 5.74) is 1.67. The molecule has 2 N–H and O–H groups in total. The molecule has 2 aromatic rings. The summed E-state index contributed by atoms with van der Waals surface area (Å²) < 4.78 is 0. The molecule has 0 fully saturated rings. The van der Waals surface area contributed by atoms with E-state index >= 15 is 0 Å². The summed E-state index contributed by atoms with van der Waals surface area (Å²) in [6.45, 7) is 5.65. The number of benzene rings is 2. The number of amides is 2. The summed E-state index contributed by atoms with van der Waals surface area (Å²) in [7, 11) is 0. The van der Waals surface area contributed by atoms with Gasteiger partial charge in [0.25, 0.3) is 0 Å². The van der Waals surface area contributed by atoms with Crippen molar-refractivity contribution in [1.82, 2.24) is 5.32 Å². The molecule has 2 aromatic carbocycles. The average Bonchev–Trinajstić information content (AvgIpc) is 2.53. The van der Waals surface area contributed by atoms with Crippen LogP contribution in [0.25, 0.3) is 0 Å². The summed E-state index contributed by atoms with van der Waals surface area (Å²) >= 11 is 0. The Labute approximate surface area is 136 Å². The summed E-state index contributed by atoms with van der Waals surface area (Å²) in [5, 5.41) is 5.60. The molecule has 0 atom stereocenters. The Morgan fingerprint density at radius 2 is 1.65 bits per heavy atom. The summed E-state index contributed by atoms with van der Waals surface area (Å²) in [6.07, 6.45) is 0. The fourth-order valence-corrected chi connectivity index (χ4v) is 2.14. The second-order valence-corrected chi connectivity index (χ2v) is 6.12. The highest BCUT2D eigenvalue weighted by molar-refractivity contribution is 6.09. The van der Waals surface area contributed by atoms with Crippen LogP contribution < -0.4 is 10.6 Å². The summed E-state index contributed by atoms with van der Waals surface area (Å²) in [4.78, 5) is 24.8. The van der Waals surface area contributed by atoms with Crippen molar-refractivity contribution in [3.05, 3.63) is 65.7 Å². The Morgan fingerprint density at radius 3 is 2.30 bits per heavy atom. The van der Waals surface area contributed by atoms with E-state index in [0.29, 0.717) is 12.2 Å². The zero-order valence-corrected chi connectivity index (χ0v) is 13.7. The van der Waals surface area contributed by atoms with Gasteiger partial charge in [-0.15, -0.1) is 0 Å². The standard InChI is InChI=1S/C19H22N2O2/c1-14-8-7-9-15(12-14)13-20-17(22)19(2,3)18(23)21-16-10-5-4-6-11-16/h4-12H,13H2,1-3H3,(H,20,22)(H,21,23). The number of aryl methyl sites for hydroxylation is 1. The number of nitrogens with one attached hydrogen (secondary N) is 2. The first kappa shape index (κ1) is 16.7. The Kier molecular flexibility index (Phi) is 5.16. The van der Waals surface area contributed by atoms with E-state index in [9.17, 15) is 9.59 Å². The first-order chi connectivity index (χ1) is 10.9. The molecular formula is C19H22N2O2. The van der Waals surface area contributed by atoms with Crippen LogP contribution in [-0.2, 0) is 16.1 Å². The molecule has 0 aliphatic rings. The maximum atomic E-state index is 12.4. The van der Waals surface area contributed by atoms with Crippen LogP contribution in [0.4, 0.5) is 5.69 Å². The van der Waals surface area contributed by atoms with Crippen LogP contribution >= 0.6 is 0 Å². The number of carbonyl (C=O) groups is 2. The molecule has 0 unspecified atom stereocenters. The molecule has 0 radical (unpaired) electrons. The predicted molar refractivity (Wildman–Crippen MR) is 91.9 cm³/mol. The molecule has 0 saturated heterocycles. The number of rotatable bonds is 5. The van der Waals surface area contributed by atoms with Gasteiger partial charge in [0.2, 0.25) is 11.8 Å². The fraction of sp³-hybridized carbons (Fsp3) is 0.263.